The van der Waals surface area contributed by atoms with Gasteiger partial charge in [-0.15, -0.1) is 6.42 Å². The molecule has 0 amide bonds. The molecule has 0 saturated carbocycles. The van der Waals surface area contributed by atoms with Crippen molar-refractivity contribution in [3.63, 3.8) is 0 Å². The first-order valence-electron chi connectivity index (χ1n) is 7.62. The summed E-state index contributed by atoms with van der Waals surface area (Å²) < 4.78 is 0. The monoisotopic (exact) mass is 250 g/mol. The number of terminal acetylenes is 1. The van der Waals surface area contributed by atoms with E-state index in [0.29, 0.717) is 0 Å². The zero-order valence-corrected chi connectivity index (χ0v) is 12.0. The number of aliphatic hydroxyl groups excluding tert-OH is 1. The van der Waals surface area contributed by atoms with Crippen molar-refractivity contribution in [3.05, 3.63) is 12.2 Å². The maximum atomic E-state index is 9.10. The molecular formula is C17H30O. The number of unbranched alkanes of at least 4 members (excludes halogenated alkanes) is 10. The molecule has 0 aromatic carbocycles. The van der Waals surface area contributed by atoms with Crippen LogP contribution in [0.1, 0.15) is 77.6 Å². The minimum absolute atomic E-state index is 0.701. The van der Waals surface area contributed by atoms with Crippen LogP contribution in [0.3, 0.4) is 0 Å². The molecule has 1 heteroatoms. The quantitative estimate of drug-likeness (QED) is 0.298. The summed E-state index contributed by atoms with van der Waals surface area (Å²) in [5.74, 6) is 2.27. The van der Waals surface area contributed by atoms with Crippen LogP contribution in [0.4, 0.5) is 0 Å². The van der Waals surface area contributed by atoms with Gasteiger partial charge < -0.3 is 5.11 Å². The molecule has 0 aromatic heterocycles. The average Bonchev–Trinajstić information content (AvgIpc) is 2.39. The van der Waals surface area contributed by atoms with Crippen LogP contribution in [0.25, 0.3) is 0 Å². The van der Waals surface area contributed by atoms with Crippen LogP contribution >= 0.6 is 0 Å². The summed E-state index contributed by atoms with van der Waals surface area (Å²) in [6, 6.07) is 0. The van der Waals surface area contributed by atoms with Crippen molar-refractivity contribution in [3.8, 4) is 12.3 Å². The smallest absolute Gasteiger partial charge is 0.133 e. The van der Waals surface area contributed by atoms with Crippen LogP contribution in [0, 0.1) is 12.3 Å². The van der Waals surface area contributed by atoms with Crippen LogP contribution in [-0.4, -0.2) is 11.2 Å². The van der Waals surface area contributed by atoms with Gasteiger partial charge >= 0.3 is 0 Å². The molecule has 1 unspecified atom stereocenters. The van der Waals surface area contributed by atoms with Crippen molar-refractivity contribution in [1.29, 1.82) is 0 Å². The minimum atomic E-state index is -0.701. The Hall–Kier alpha value is -0.740. The van der Waals surface area contributed by atoms with Crippen molar-refractivity contribution < 1.29 is 5.11 Å². The number of hydrogen-bond donors (Lipinski definition) is 1. The van der Waals surface area contributed by atoms with E-state index >= 15 is 0 Å². The van der Waals surface area contributed by atoms with Crippen LogP contribution in [0.2, 0.25) is 0 Å². The van der Waals surface area contributed by atoms with Crippen molar-refractivity contribution in [2.45, 2.75) is 83.7 Å². The Morgan fingerprint density at radius 2 is 1.44 bits per heavy atom. The minimum Gasteiger partial charge on any atom is -0.377 e. The molecule has 0 aliphatic rings. The summed E-state index contributed by atoms with van der Waals surface area (Å²) in [5.41, 5.74) is 0. The van der Waals surface area contributed by atoms with Crippen LogP contribution in [0.5, 0.6) is 0 Å². The van der Waals surface area contributed by atoms with E-state index in [2.05, 4.69) is 12.8 Å². The molecule has 104 valence electrons. The summed E-state index contributed by atoms with van der Waals surface area (Å²) in [7, 11) is 0. The molecule has 0 radical (unpaired) electrons. The van der Waals surface area contributed by atoms with Gasteiger partial charge in [-0.2, -0.15) is 0 Å². The van der Waals surface area contributed by atoms with Crippen LogP contribution in [0.15, 0.2) is 12.2 Å². The molecule has 0 saturated heterocycles. The lowest BCUT2D eigenvalue weighted by molar-refractivity contribution is 0.280. The average molecular weight is 250 g/mol. The van der Waals surface area contributed by atoms with Crippen LogP contribution < -0.4 is 0 Å². The molecule has 0 spiro atoms. The van der Waals surface area contributed by atoms with E-state index in [-0.39, 0.29) is 0 Å². The highest BCUT2D eigenvalue weighted by atomic mass is 16.3. The van der Waals surface area contributed by atoms with Crippen molar-refractivity contribution in [2.24, 2.45) is 0 Å². The molecule has 1 atom stereocenters. The third-order valence-electron chi connectivity index (χ3n) is 3.21. The van der Waals surface area contributed by atoms with Crippen molar-refractivity contribution in [2.75, 3.05) is 0 Å². The standard InChI is InChI=1S/C17H30O/c1-3-5-6-7-8-9-10-11-12-13-14-15-16-17(18)4-2/h2,15-18H,3,5-14H2,1H3/b16-15-. The highest BCUT2D eigenvalue weighted by molar-refractivity contribution is 5.05. The normalized spacial score (nSPS) is 12.7. The molecule has 0 heterocycles. The second-order valence-corrected chi connectivity index (χ2v) is 5.01. The lowest BCUT2D eigenvalue weighted by Crippen LogP contribution is -1.95. The predicted molar refractivity (Wildman–Crippen MR) is 80.4 cm³/mol. The van der Waals surface area contributed by atoms with Crippen molar-refractivity contribution in [1.82, 2.24) is 0 Å². The highest BCUT2D eigenvalue weighted by Gasteiger charge is 1.92. The lowest BCUT2D eigenvalue weighted by atomic mass is 10.1. The van der Waals surface area contributed by atoms with Gasteiger partial charge in [0.05, 0.1) is 0 Å². The molecule has 0 bridgehead atoms. The fourth-order valence-corrected chi connectivity index (χ4v) is 2.03. The lowest BCUT2D eigenvalue weighted by Gasteiger charge is -2.01. The van der Waals surface area contributed by atoms with E-state index in [0.717, 1.165) is 6.42 Å². The summed E-state index contributed by atoms with van der Waals surface area (Å²) in [6.07, 6.45) is 22.7. The maximum Gasteiger partial charge on any atom is 0.133 e. The molecule has 0 fully saturated rings. The topological polar surface area (TPSA) is 20.2 Å². The van der Waals surface area contributed by atoms with E-state index < -0.39 is 6.10 Å². The summed E-state index contributed by atoms with van der Waals surface area (Å²) in [5, 5.41) is 9.10. The first kappa shape index (κ1) is 17.3. The Kier molecular flexibility index (Phi) is 13.7. The summed E-state index contributed by atoms with van der Waals surface area (Å²) in [6.45, 7) is 2.26. The fraction of sp³-hybridized carbons (Fsp3) is 0.765. The molecule has 1 N–H and O–H groups in total. The summed E-state index contributed by atoms with van der Waals surface area (Å²) >= 11 is 0. The third-order valence-corrected chi connectivity index (χ3v) is 3.21. The number of rotatable bonds is 12. The molecular weight excluding hydrogens is 220 g/mol. The maximum absolute atomic E-state index is 9.10. The second-order valence-electron chi connectivity index (χ2n) is 5.01. The first-order valence-corrected chi connectivity index (χ1v) is 7.62. The van der Waals surface area contributed by atoms with E-state index in [1.807, 2.05) is 6.08 Å². The van der Waals surface area contributed by atoms with E-state index in [1.165, 1.54) is 64.2 Å². The van der Waals surface area contributed by atoms with Gasteiger partial charge in [0.1, 0.15) is 6.10 Å². The molecule has 0 aromatic rings. The van der Waals surface area contributed by atoms with Crippen molar-refractivity contribution >= 4 is 0 Å². The van der Waals surface area contributed by atoms with E-state index in [4.69, 9.17) is 11.5 Å². The largest absolute Gasteiger partial charge is 0.377 e. The van der Waals surface area contributed by atoms with Gasteiger partial charge in [0, 0.05) is 0 Å². The number of allylic oxidation sites excluding steroid dienone is 1. The summed E-state index contributed by atoms with van der Waals surface area (Å²) in [4.78, 5) is 0. The number of hydrogen-bond acceptors (Lipinski definition) is 1. The predicted octanol–water partition coefficient (Wildman–Crippen LogP) is 4.85. The Morgan fingerprint density at radius 1 is 0.944 bits per heavy atom. The molecule has 0 aliphatic carbocycles. The Bertz CT molecular complexity index is 224. The Morgan fingerprint density at radius 3 is 1.94 bits per heavy atom. The van der Waals surface area contributed by atoms with Gasteiger partial charge in [-0.1, -0.05) is 76.7 Å². The van der Waals surface area contributed by atoms with E-state index in [1.54, 1.807) is 6.08 Å². The highest BCUT2D eigenvalue weighted by Crippen LogP contribution is 2.11. The second kappa shape index (κ2) is 14.3. The molecule has 0 rings (SSSR count). The molecule has 0 aliphatic heterocycles. The Labute approximate surface area is 114 Å². The zero-order chi connectivity index (χ0) is 13.5. The van der Waals surface area contributed by atoms with Gasteiger partial charge in [0.15, 0.2) is 0 Å². The Balaban J connectivity index is 3.08. The fourth-order valence-electron chi connectivity index (χ4n) is 2.03. The van der Waals surface area contributed by atoms with Gasteiger partial charge in [0.25, 0.3) is 0 Å². The molecule has 1 nitrogen and oxygen atoms in total. The van der Waals surface area contributed by atoms with Gasteiger partial charge in [-0.05, 0) is 18.9 Å². The first-order chi connectivity index (χ1) is 8.81. The number of aliphatic hydroxyl groups is 1. The van der Waals surface area contributed by atoms with E-state index in [9.17, 15) is 0 Å². The molecule has 18 heavy (non-hydrogen) atoms. The third kappa shape index (κ3) is 13.3. The SMILES string of the molecule is C#CC(O)/C=C\CCCCCCCCCCCC. The van der Waals surface area contributed by atoms with Crippen LogP contribution in [-0.2, 0) is 0 Å². The van der Waals surface area contributed by atoms with Gasteiger partial charge in [-0.3, -0.25) is 0 Å². The zero-order valence-electron chi connectivity index (χ0n) is 12.0. The van der Waals surface area contributed by atoms with Gasteiger partial charge in [-0.25, -0.2) is 0 Å². The van der Waals surface area contributed by atoms with Gasteiger partial charge in [0.2, 0.25) is 0 Å².